The lowest BCUT2D eigenvalue weighted by Crippen LogP contribution is -2.44. The van der Waals surface area contributed by atoms with Crippen LogP contribution in [0.2, 0.25) is 0 Å². The van der Waals surface area contributed by atoms with Crippen molar-refractivity contribution in [2.75, 3.05) is 32.2 Å². The van der Waals surface area contributed by atoms with Crippen molar-refractivity contribution in [1.82, 2.24) is 9.03 Å². The number of hydrogen-bond acceptors (Lipinski definition) is 5. The average molecular weight is 298 g/mol. The number of ether oxygens (including phenoxy) is 1. The van der Waals surface area contributed by atoms with Crippen LogP contribution in [0.15, 0.2) is 0 Å². The van der Waals surface area contributed by atoms with Crippen LogP contribution >= 0.6 is 11.8 Å². The fourth-order valence-corrected chi connectivity index (χ4v) is 3.03. The van der Waals surface area contributed by atoms with Crippen molar-refractivity contribution < 1.29 is 17.9 Å². The Labute approximate surface area is 114 Å². The molecule has 18 heavy (non-hydrogen) atoms. The van der Waals surface area contributed by atoms with Gasteiger partial charge in [0.1, 0.15) is 0 Å². The summed E-state index contributed by atoms with van der Waals surface area (Å²) in [5.74, 6) is 1.25. The van der Waals surface area contributed by atoms with Crippen LogP contribution in [-0.2, 0) is 19.7 Å². The molecule has 0 bridgehead atoms. The van der Waals surface area contributed by atoms with Crippen LogP contribution in [0, 0.1) is 0 Å². The third-order valence-corrected chi connectivity index (χ3v) is 5.04. The van der Waals surface area contributed by atoms with E-state index in [2.05, 4.69) is 9.46 Å². The molecule has 0 aromatic heterocycles. The van der Waals surface area contributed by atoms with Gasteiger partial charge in [0.2, 0.25) is 0 Å². The van der Waals surface area contributed by atoms with Crippen LogP contribution < -0.4 is 4.72 Å². The SMILES string of the molecule is CCSCC(C)NS(=O)(=O)N(C)CCC(=O)OC. The van der Waals surface area contributed by atoms with Crippen molar-refractivity contribution >= 4 is 27.9 Å². The second kappa shape index (κ2) is 8.73. The zero-order valence-corrected chi connectivity index (χ0v) is 12.9. The van der Waals surface area contributed by atoms with E-state index in [0.29, 0.717) is 0 Å². The molecule has 1 unspecified atom stereocenters. The van der Waals surface area contributed by atoms with Crippen molar-refractivity contribution in [3.05, 3.63) is 0 Å². The van der Waals surface area contributed by atoms with E-state index in [0.717, 1.165) is 15.8 Å². The summed E-state index contributed by atoms with van der Waals surface area (Å²) in [5, 5.41) is 0. The average Bonchev–Trinajstić information content (AvgIpc) is 2.32. The van der Waals surface area contributed by atoms with E-state index < -0.39 is 16.2 Å². The van der Waals surface area contributed by atoms with Gasteiger partial charge in [0.05, 0.1) is 13.5 Å². The first-order chi connectivity index (χ1) is 8.33. The van der Waals surface area contributed by atoms with Crippen LogP contribution in [0.1, 0.15) is 20.3 Å². The van der Waals surface area contributed by atoms with Crippen molar-refractivity contribution in [2.24, 2.45) is 0 Å². The molecule has 0 spiro atoms. The van der Waals surface area contributed by atoms with Gasteiger partial charge in [-0.25, -0.2) is 0 Å². The van der Waals surface area contributed by atoms with Crippen molar-refractivity contribution in [3.63, 3.8) is 0 Å². The molecule has 0 aliphatic carbocycles. The summed E-state index contributed by atoms with van der Waals surface area (Å²) in [5.41, 5.74) is 0. The summed E-state index contributed by atoms with van der Waals surface area (Å²) in [6.07, 6.45) is 0.0476. The molecule has 1 N–H and O–H groups in total. The summed E-state index contributed by atoms with van der Waals surface area (Å²) < 4.78 is 31.9. The lowest BCUT2D eigenvalue weighted by molar-refractivity contribution is -0.140. The molecule has 6 nitrogen and oxygen atoms in total. The number of carbonyl (C=O) groups is 1. The first kappa shape index (κ1) is 17.7. The maximum Gasteiger partial charge on any atom is 0.306 e. The van der Waals surface area contributed by atoms with Gasteiger partial charge in [0.25, 0.3) is 10.2 Å². The summed E-state index contributed by atoms with van der Waals surface area (Å²) in [4.78, 5) is 10.9. The Balaban J connectivity index is 4.22. The highest BCUT2D eigenvalue weighted by Crippen LogP contribution is 2.04. The molecule has 0 heterocycles. The predicted molar refractivity (Wildman–Crippen MR) is 73.8 cm³/mol. The molecule has 0 saturated carbocycles. The predicted octanol–water partition coefficient (Wildman–Crippen LogP) is 0.457. The molecule has 0 aliphatic rings. The highest BCUT2D eigenvalue weighted by Gasteiger charge is 2.20. The van der Waals surface area contributed by atoms with Gasteiger partial charge in [0, 0.05) is 25.4 Å². The summed E-state index contributed by atoms with van der Waals surface area (Å²) in [7, 11) is -0.819. The highest BCUT2D eigenvalue weighted by molar-refractivity contribution is 7.99. The Kier molecular flexibility index (Phi) is 8.58. The molecule has 0 amide bonds. The second-order valence-electron chi connectivity index (χ2n) is 3.83. The van der Waals surface area contributed by atoms with Gasteiger partial charge in [-0.15, -0.1) is 0 Å². The molecule has 0 radical (unpaired) electrons. The van der Waals surface area contributed by atoms with Crippen LogP contribution in [0.3, 0.4) is 0 Å². The van der Waals surface area contributed by atoms with Crippen molar-refractivity contribution in [3.8, 4) is 0 Å². The number of rotatable bonds is 9. The van der Waals surface area contributed by atoms with E-state index in [-0.39, 0.29) is 19.0 Å². The summed E-state index contributed by atoms with van der Waals surface area (Å²) in [6.45, 7) is 3.94. The van der Waals surface area contributed by atoms with Gasteiger partial charge in [0.15, 0.2) is 0 Å². The van der Waals surface area contributed by atoms with Crippen molar-refractivity contribution in [1.29, 1.82) is 0 Å². The Morgan fingerprint density at radius 2 is 2.11 bits per heavy atom. The number of nitrogens with zero attached hydrogens (tertiary/aromatic N) is 1. The molecule has 8 heteroatoms. The van der Waals surface area contributed by atoms with Crippen LogP contribution in [-0.4, -0.2) is 56.9 Å². The van der Waals surface area contributed by atoms with E-state index in [9.17, 15) is 13.2 Å². The van der Waals surface area contributed by atoms with E-state index in [1.165, 1.54) is 14.2 Å². The molecule has 0 saturated heterocycles. The maximum absolute atomic E-state index is 11.9. The highest BCUT2D eigenvalue weighted by atomic mass is 32.2. The van der Waals surface area contributed by atoms with Gasteiger partial charge >= 0.3 is 5.97 Å². The van der Waals surface area contributed by atoms with E-state index in [1.807, 2.05) is 13.8 Å². The third-order valence-electron chi connectivity index (χ3n) is 2.19. The molecular formula is C10H22N2O4S2. The molecule has 0 fully saturated rings. The lowest BCUT2D eigenvalue weighted by atomic mass is 10.4. The van der Waals surface area contributed by atoms with Gasteiger partial charge in [-0.3, -0.25) is 4.79 Å². The van der Waals surface area contributed by atoms with E-state index in [4.69, 9.17) is 0 Å². The summed E-state index contributed by atoms with van der Waals surface area (Å²) in [6, 6.07) is -0.138. The first-order valence-electron chi connectivity index (χ1n) is 5.71. The Hall–Kier alpha value is -0.310. The van der Waals surface area contributed by atoms with Crippen LogP contribution in [0.25, 0.3) is 0 Å². The van der Waals surface area contributed by atoms with Crippen LogP contribution in [0.5, 0.6) is 0 Å². The summed E-state index contributed by atoms with van der Waals surface area (Å²) >= 11 is 1.67. The number of carbonyl (C=O) groups excluding carboxylic acids is 1. The first-order valence-corrected chi connectivity index (χ1v) is 8.31. The molecule has 0 aliphatic heterocycles. The maximum atomic E-state index is 11.9. The van der Waals surface area contributed by atoms with E-state index in [1.54, 1.807) is 11.8 Å². The minimum atomic E-state index is -3.53. The van der Waals surface area contributed by atoms with Gasteiger partial charge in [-0.2, -0.15) is 29.2 Å². The number of hydrogen-bond donors (Lipinski definition) is 1. The van der Waals surface area contributed by atoms with Gasteiger partial charge < -0.3 is 4.74 Å². The number of nitrogens with one attached hydrogen (secondary N) is 1. The smallest absolute Gasteiger partial charge is 0.306 e. The molecular weight excluding hydrogens is 276 g/mol. The van der Waals surface area contributed by atoms with Crippen LogP contribution in [0.4, 0.5) is 0 Å². The third kappa shape index (κ3) is 7.20. The largest absolute Gasteiger partial charge is 0.469 e. The molecule has 108 valence electrons. The standard InChI is InChI=1S/C10H22N2O4S2/c1-5-17-8-9(2)11-18(14,15)12(3)7-6-10(13)16-4/h9,11H,5-8H2,1-4H3. The lowest BCUT2D eigenvalue weighted by Gasteiger charge is -2.20. The number of methoxy groups -OCH3 is 1. The molecule has 1 atom stereocenters. The minimum Gasteiger partial charge on any atom is -0.469 e. The Morgan fingerprint density at radius 1 is 1.50 bits per heavy atom. The normalized spacial score (nSPS) is 13.6. The van der Waals surface area contributed by atoms with Gasteiger partial charge in [-0.05, 0) is 12.7 Å². The Morgan fingerprint density at radius 3 is 2.61 bits per heavy atom. The monoisotopic (exact) mass is 298 g/mol. The minimum absolute atomic E-state index is 0.0476. The number of thioether (sulfide) groups is 1. The molecule has 0 aromatic carbocycles. The Bertz CT molecular complexity index is 346. The zero-order chi connectivity index (χ0) is 14.2. The number of esters is 1. The topological polar surface area (TPSA) is 75.7 Å². The fourth-order valence-electron chi connectivity index (χ4n) is 1.14. The van der Waals surface area contributed by atoms with E-state index >= 15 is 0 Å². The van der Waals surface area contributed by atoms with Gasteiger partial charge in [-0.1, -0.05) is 6.92 Å². The zero-order valence-electron chi connectivity index (χ0n) is 11.3. The fraction of sp³-hybridized carbons (Fsp3) is 0.900. The second-order valence-corrected chi connectivity index (χ2v) is 6.96. The molecule has 0 aromatic rings. The van der Waals surface area contributed by atoms with Crippen molar-refractivity contribution in [2.45, 2.75) is 26.3 Å². The quantitative estimate of drug-likeness (QED) is 0.626. The molecule has 0 rings (SSSR count).